The number of aromatic nitrogens is 1. The molecular formula is C16H26N2O2. The van der Waals surface area contributed by atoms with Crippen molar-refractivity contribution in [1.29, 1.82) is 0 Å². The standard InChI is InChI=1S/C16H26N2O2/c1-5-6-7-8-9-17-14-11-12(15(19)20)10-13(18-14)16(2,3)4/h10-11H,5-9H2,1-4H3,(H,17,18)(H,19,20). The number of hydrogen-bond acceptors (Lipinski definition) is 3. The Labute approximate surface area is 121 Å². The average molecular weight is 278 g/mol. The van der Waals surface area contributed by atoms with Crippen molar-refractivity contribution in [2.24, 2.45) is 0 Å². The first-order chi connectivity index (χ1) is 9.34. The predicted molar refractivity (Wildman–Crippen MR) is 82.5 cm³/mol. The van der Waals surface area contributed by atoms with Crippen LogP contribution in [0.4, 0.5) is 5.82 Å². The second-order valence-corrected chi connectivity index (χ2v) is 6.17. The van der Waals surface area contributed by atoms with Crippen molar-refractivity contribution in [2.75, 3.05) is 11.9 Å². The highest BCUT2D eigenvalue weighted by atomic mass is 16.4. The van der Waals surface area contributed by atoms with Gasteiger partial charge in [-0.05, 0) is 18.6 Å². The van der Waals surface area contributed by atoms with Crippen LogP contribution in [0, 0.1) is 0 Å². The van der Waals surface area contributed by atoms with Gasteiger partial charge in [-0.1, -0.05) is 47.0 Å². The number of carbonyl (C=O) groups is 1. The van der Waals surface area contributed by atoms with Gasteiger partial charge in [0.2, 0.25) is 0 Å². The number of aromatic carboxylic acids is 1. The van der Waals surface area contributed by atoms with Crippen molar-refractivity contribution in [2.45, 2.75) is 58.8 Å². The first kappa shape index (κ1) is 16.5. The quantitative estimate of drug-likeness (QED) is 0.738. The summed E-state index contributed by atoms with van der Waals surface area (Å²) in [5, 5.41) is 12.4. The number of hydrogen-bond donors (Lipinski definition) is 2. The minimum atomic E-state index is -0.910. The predicted octanol–water partition coefficient (Wildman–Crippen LogP) is 4.07. The number of unbranched alkanes of at least 4 members (excludes halogenated alkanes) is 3. The van der Waals surface area contributed by atoms with Crippen LogP contribution in [-0.2, 0) is 5.41 Å². The molecular weight excluding hydrogens is 252 g/mol. The van der Waals surface area contributed by atoms with E-state index < -0.39 is 5.97 Å². The molecule has 4 nitrogen and oxygen atoms in total. The Morgan fingerprint density at radius 3 is 2.50 bits per heavy atom. The zero-order valence-electron chi connectivity index (χ0n) is 13.0. The number of carboxylic acid groups (broad SMARTS) is 1. The van der Waals surface area contributed by atoms with Crippen molar-refractivity contribution in [3.63, 3.8) is 0 Å². The summed E-state index contributed by atoms with van der Waals surface area (Å²) in [6.45, 7) is 9.12. The largest absolute Gasteiger partial charge is 0.478 e. The summed E-state index contributed by atoms with van der Waals surface area (Å²) >= 11 is 0. The van der Waals surface area contributed by atoms with E-state index in [0.29, 0.717) is 11.4 Å². The molecule has 0 saturated heterocycles. The Morgan fingerprint density at radius 2 is 1.95 bits per heavy atom. The van der Waals surface area contributed by atoms with Gasteiger partial charge in [0.15, 0.2) is 0 Å². The molecule has 0 aliphatic heterocycles. The second kappa shape index (κ2) is 7.27. The number of pyridine rings is 1. The third-order valence-corrected chi connectivity index (χ3v) is 3.18. The monoisotopic (exact) mass is 278 g/mol. The van der Waals surface area contributed by atoms with E-state index in [-0.39, 0.29) is 5.41 Å². The molecule has 0 amide bonds. The lowest BCUT2D eigenvalue weighted by atomic mass is 9.91. The lowest BCUT2D eigenvalue weighted by Gasteiger charge is -2.19. The molecule has 0 fully saturated rings. The highest BCUT2D eigenvalue weighted by Crippen LogP contribution is 2.23. The minimum Gasteiger partial charge on any atom is -0.478 e. The van der Waals surface area contributed by atoms with E-state index >= 15 is 0 Å². The first-order valence-electron chi connectivity index (χ1n) is 7.34. The van der Waals surface area contributed by atoms with Crippen molar-refractivity contribution < 1.29 is 9.90 Å². The van der Waals surface area contributed by atoms with Crippen molar-refractivity contribution in [3.8, 4) is 0 Å². The maximum absolute atomic E-state index is 11.2. The van der Waals surface area contributed by atoms with Crippen LogP contribution in [0.15, 0.2) is 12.1 Å². The Hall–Kier alpha value is -1.58. The summed E-state index contributed by atoms with van der Waals surface area (Å²) in [4.78, 5) is 15.7. The Morgan fingerprint density at radius 1 is 1.25 bits per heavy atom. The van der Waals surface area contributed by atoms with Crippen molar-refractivity contribution >= 4 is 11.8 Å². The Balaban J connectivity index is 2.79. The lowest BCUT2D eigenvalue weighted by Crippen LogP contribution is -2.17. The van der Waals surface area contributed by atoms with Gasteiger partial charge in [-0.25, -0.2) is 9.78 Å². The maximum atomic E-state index is 11.2. The van der Waals surface area contributed by atoms with Gasteiger partial charge in [0, 0.05) is 17.7 Å². The minimum absolute atomic E-state index is 0.163. The second-order valence-electron chi connectivity index (χ2n) is 6.17. The van der Waals surface area contributed by atoms with Crippen molar-refractivity contribution in [1.82, 2.24) is 4.98 Å². The van der Waals surface area contributed by atoms with Gasteiger partial charge in [-0.3, -0.25) is 0 Å². The summed E-state index contributed by atoms with van der Waals surface area (Å²) in [5.74, 6) is -0.252. The molecule has 0 aliphatic rings. The van der Waals surface area contributed by atoms with Crippen LogP contribution in [0.3, 0.4) is 0 Å². The van der Waals surface area contributed by atoms with Gasteiger partial charge in [0.05, 0.1) is 5.56 Å². The van der Waals surface area contributed by atoms with Gasteiger partial charge in [-0.15, -0.1) is 0 Å². The fourth-order valence-corrected chi connectivity index (χ4v) is 1.90. The topological polar surface area (TPSA) is 62.2 Å². The van der Waals surface area contributed by atoms with Crippen LogP contribution >= 0.6 is 0 Å². The van der Waals surface area contributed by atoms with E-state index in [9.17, 15) is 9.90 Å². The molecule has 0 spiro atoms. The number of nitrogens with one attached hydrogen (secondary N) is 1. The highest BCUT2D eigenvalue weighted by molar-refractivity contribution is 5.88. The third kappa shape index (κ3) is 5.19. The molecule has 0 aromatic carbocycles. The lowest BCUT2D eigenvalue weighted by molar-refractivity contribution is 0.0696. The fraction of sp³-hybridized carbons (Fsp3) is 0.625. The molecule has 112 valence electrons. The molecule has 0 bridgehead atoms. The number of anilines is 1. The van der Waals surface area contributed by atoms with E-state index in [1.165, 1.54) is 19.3 Å². The summed E-state index contributed by atoms with van der Waals surface area (Å²) in [6, 6.07) is 3.27. The summed E-state index contributed by atoms with van der Waals surface area (Å²) in [7, 11) is 0. The van der Waals surface area contributed by atoms with Crippen LogP contribution in [0.1, 0.15) is 69.4 Å². The van der Waals surface area contributed by atoms with E-state index in [1.54, 1.807) is 12.1 Å². The normalized spacial score (nSPS) is 11.4. The molecule has 0 aliphatic carbocycles. The van der Waals surface area contributed by atoms with Crippen LogP contribution in [0.25, 0.3) is 0 Å². The molecule has 1 aromatic rings. The third-order valence-electron chi connectivity index (χ3n) is 3.18. The van der Waals surface area contributed by atoms with Crippen LogP contribution in [0.5, 0.6) is 0 Å². The van der Waals surface area contributed by atoms with E-state index in [2.05, 4.69) is 17.2 Å². The smallest absolute Gasteiger partial charge is 0.335 e. The molecule has 2 N–H and O–H groups in total. The Kier molecular flexibility index (Phi) is 5.99. The van der Waals surface area contributed by atoms with E-state index in [4.69, 9.17) is 0 Å². The van der Waals surface area contributed by atoms with Crippen molar-refractivity contribution in [3.05, 3.63) is 23.4 Å². The van der Waals surface area contributed by atoms with Crippen LogP contribution in [-0.4, -0.2) is 22.6 Å². The molecule has 0 atom stereocenters. The first-order valence-corrected chi connectivity index (χ1v) is 7.34. The van der Waals surface area contributed by atoms with Gasteiger partial charge >= 0.3 is 5.97 Å². The number of nitrogens with zero attached hydrogens (tertiary/aromatic N) is 1. The van der Waals surface area contributed by atoms with Crippen LogP contribution < -0.4 is 5.32 Å². The fourth-order valence-electron chi connectivity index (χ4n) is 1.90. The van der Waals surface area contributed by atoms with Gasteiger partial charge in [-0.2, -0.15) is 0 Å². The maximum Gasteiger partial charge on any atom is 0.335 e. The summed E-state index contributed by atoms with van der Waals surface area (Å²) < 4.78 is 0. The molecule has 0 saturated carbocycles. The molecule has 0 radical (unpaired) electrons. The molecule has 4 heteroatoms. The van der Waals surface area contributed by atoms with Gasteiger partial charge in [0.25, 0.3) is 0 Å². The van der Waals surface area contributed by atoms with Gasteiger partial charge < -0.3 is 10.4 Å². The molecule has 20 heavy (non-hydrogen) atoms. The zero-order chi connectivity index (χ0) is 15.2. The molecule has 1 rings (SSSR count). The van der Waals surface area contributed by atoms with Gasteiger partial charge in [0.1, 0.15) is 5.82 Å². The highest BCUT2D eigenvalue weighted by Gasteiger charge is 2.18. The average Bonchev–Trinajstić information content (AvgIpc) is 2.37. The Bertz CT molecular complexity index is 450. The van der Waals surface area contributed by atoms with E-state index in [1.807, 2.05) is 20.8 Å². The SMILES string of the molecule is CCCCCCNc1cc(C(=O)O)cc(C(C)(C)C)n1. The molecule has 1 aromatic heterocycles. The van der Waals surface area contributed by atoms with E-state index in [0.717, 1.165) is 18.7 Å². The summed E-state index contributed by atoms with van der Waals surface area (Å²) in [5.41, 5.74) is 0.929. The molecule has 1 heterocycles. The number of rotatable bonds is 7. The summed E-state index contributed by atoms with van der Waals surface area (Å²) in [6.07, 6.45) is 4.71. The number of carboxylic acids is 1. The van der Waals surface area contributed by atoms with Crippen LogP contribution in [0.2, 0.25) is 0 Å². The molecule has 0 unspecified atom stereocenters. The zero-order valence-corrected chi connectivity index (χ0v) is 13.0.